The van der Waals surface area contributed by atoms with Gasteiger partial charge in [-0.3, -0.25) is 4.79 Å². The van der Waals surface area contributed by atoms with Crippen molar-refractivity contribution in [2.45, 2.75) is 96.8 Å². The highest BCUT2D eigenvalue weighted by Crippen LogP contribution is 2.20. The van der Waals surface area contributed by atoms with Crippen LogP contribution in [0.3, 0.4) is 0 Å². The van der Waals surface area contributed by atoms with Gasteiger partial charge in [-0.25, -0.2) is 0 Å². The molecule has 0 saturated carbocycles. The van der Waals surface area contributed by atoms with Crippen molar-refractivity contribution in [3.8, 4) is 0 Å². The highest BCUT2D eigenvalue weighted by molar-refractivity contribution is 5.95. The number of unbranched alkanes of at least 4 members (excludes halogenated alkanes) is 9. The zero-order chi connectivity index (χ0) is 13.8. The summed E-state index contributed by atoms with van der Waals surface area (Å²) < 4.78 is 0. The third-order valence-electron chi connectivity index (χ3n) is 4.16. The summed E-state index contributed by atoms with van der Waals surface area (Å²) in [4.78, 5) is 11.6. The molecule has 0 N–H and O–H groups in total. The Morgan fingerprint density at radius 2 is 1.47 bits per heavy atom. The fraction of sp³-hybridized carbons (Fsp3) is 0.833. The van der Waals surface area contributed by atoms with Crippen LogP contribution in [0, 0.1) is 0 Å². The molecular weight excluding hydrogens is 232 g/mol. The Morgan fingerprint density at radius 1 is 0.895 bits per heavy atom. The van der Waals surface area contributed by atoms with Crippen molar-refractivity contribution in [3.05, 3.63) is 11.6 Å². The minimum Gasteiger partial charge on any atom is -0.295 e. The van der Waals surface area contributed by atoms with Crippen LogP contribution in [0.2, 0.25) is 0 Å². The number of carbonyl (C=O) groups is 1. The lowest BCUT2D eigenvalue weighted by atomic mass is 9.93. The summed E-state index contributed by atoms with van der Waals surface area (Å²) in [5, 5.41) is 0. The van der Waals surface area contributed by atoms with Crippen LogP contribution < -0.4 is 0 Å². The highest BCUT2D eigenvalue weighted by atomic mass is 16.1. The van der Waals surface area contributed by atoms with Gasteiger partial charge in [0.25, 0.3) is 0 Å². The van der Waals surface area contributed by atoms with Crippen molar-refractivity contribution in [3.63, 3.8) is 0 Å². The Bertz CT molecular complexity index is 265. The molecular formula is C18H32O. The fourth-order valence-corrected chi connectivity index (χ4v) is 2.86. The number of allylic oxidation sites excluding steroid dienone is 2. The fourth-order valence-electron chi connectivity index (χ4n) is 2.86. The van der Waals surface area contributed by atoms with E-state index in [9.17, 15) is 4.79 Å². The van der Waals surface area contributed by atoms with Crippen molar-refractivity contribution in [2.24, 2.45) is 0 Å². The Labute approximate surface area is 119 Å². The quantitative estimate of drug-likeness (QED) is 0.420. The van der Waals surface area contributed by atoms with Gasteiger partial charge in [0.2, 0.25) is 0 Å². The standard InChI is InChI=1S/C18H32O/c1-2-3-4-5-6-7-8-9-10-11-14-17-15-12-13-16-18(17)19/h15H,2-14,16H2,1H3. The van der Waals surface area contributed by atoms with E-state index in [4.69, 9.17) is 0 Å². The van der Waals surface area contributed by atoms with E-state index in [0.29, 0.717) is 5.78 Å². The second-order valence-electron chi connectivity index (χ2n) is 5.98. The molecule has 0 aliphatic heterocycles. The molecule has 0 aromatic rings. The van der Waals surface area contributed by atoms with Crippen LogP contribution in [0.4, 0.5) is 0 Å². The predicted molar refractivity (Wildman–Crippen MR) is 83.4 cm³/mol. The molecule has 1 nitrogen and oxygen atoms in total. The van der Waals surface area contributed by atoms with Crippen LogP contribution in [0.15, 0.2) is 11.6 Å². The summed E-state index contributed by atoms with van der Waals surface area (Å²) in [5.41, 5.74) is 1.13. The summed E-state index contributed by atoms with van der Waals surface area (Å²) >= 11 is 0. The van der Waals surface area contributed by atoms with Crippen molar-refractivity contribution < 1.29 is 4.79 Å². The van der Waals surface area contributed by atoms with Gasteiger partial charge < -0.3 is 0 Å². The lowest BCUT2D eigenvalue weighted by molar-refractivity contribution is -0.116. The lowest BCUT2D eigenvalue weighted by Gasteiger charge is -2.11. The Morgan fingerprint density at radius 3 is 2.05 bits per heavy atom. The molecule has 0 spiro atoms. The SMILES string of the molecule is CCCCCCCCCCCCC1=CCCCC1=O. The Balaban J connectivity index is 1.86. The van der Waals surface area contributed by atoms with Crippen molar-refractivity contribution in [1.29, 1.82) is 0 Å². The minimum absolute atomic E-state index is 0.419. The molecule has 0 unspecified atom stereocenters. The molecule has 1 aliphatic rings. The van der Waals surface area contributed by atoms with Crippen molar-refractivity contribution in [2.75, 3.05) is 0 Å². The zero-order valence-corrected chi connectivity index (χ0v) is 12.9. The largest absolute Gasteiger partial charge is 0.295 e. The third-order valence-corrected chi connectivity index (χ3v) is 4.16. The molecule has 0 heterocycles. The third kappa shape index (κ3) is 8.23. The molecule has 0 saturated heterocycles. The smallest absolute Gasteiger partial charge is 0.158 e. The molecule has 1 heteroatoms. The number of carbonyl (C=O) groups excluding carboxylic acids is 1. The summed E-state index contributed by atoms with van der Waals surface area (Å²) in [6.07, 6.45) is 19.9. The number of Topliss-reactive ketones (excluding diaryl/α,β-unsaturated/α-hetero) is 1. The monoisotopic (exact) mass is 264 g/mol. The summed E-state index contributed by atoms with van der Waals surface area (Å²) in [6, 6.07) is 0. The van der Waals surface area contributed by atoms with E-state index in [1.165, 1.54) is 64.2 Å². The molecule has 110 valence electrons. The van der Waals surface area contributed by atoms with Gasteiger partial charge in [-0.2, -0.15) is 0 Å². The maximum Gasteiger partial charge on any atom is 0.158 e. The average Bonchev–Trinajstić information content (AvgIpc) is 2.43. The van der Waals surface area contributed by atoms with Crippen LogP contribution in [-0.4, -0.2) is 5.78 Å². The van der Waals surface area contributed by atoms with E-state index in [-0.39, 0.29) is 0 Å². The normalized spacial score (nSPS) is 15.6. The highest BCUT2D eigenvalue weighted by Gasteiger charge is 2.12. The molecule has 0 fully saturated rings. The summed E-state index contributed by atoms with van der Waals surface area (Å²) in [6.45, 7) is 2.27. The average molecular weight is 264 g/mol. The molecule has 0 atom stereocenters. The van der Waals surface area contributed by atoms with E-state index >= 15 is 0 Å². The van der Waals surface area contributed by atoms with Gasteiger partial charge in [0, 0.05) is 6.42 Å². The number of rotatable bonds is 11. The van der Waals surface area contributed by atoms with E-state index < -0.39 is 0 Å². The molecule has 0 radical (unpaired) electrons. The molecule has 0 aromatic heterocycles. The Hall–Kier alpha value is -0.590. The van der Waals surface area contributed by atoms with Gasteiger partial charge in [0.15, 0.2) is 5.78 Å². The summed E-state index contributed by atoms with van der Waals surface area (Å²) in [7, 11) is 0. The number of hydrogen-bond acceptors (Lipinski definition) is 1. The van der Waals surface area contributed by atoms with Crippen LogP contribution in [0.1, 0.15) is 96.8 Å². The first kappa shape index (κ1) is 16.5. The molecule has 0 amide bonds. The van der Waals surface area contributed by atoms with E-state index in [0.717, 1.165) is 31.3 Å². The maximum absolute atomic E-state index is 11.6. The molecule has 0 aromatic carbocycles. The van der Waals surface area contributed by atoms with Gasteiger partial charge in [-0.05, 0) is 31.3 Å². The number of hydrogen-bond donors (Lipinski definition) is 0. The van der Waals surface area contributed by atoms with Gasteiger partial charge >= 0.3 is 0 Å². The van der Waals surface area contributed by atoms with Crippen LogP contribution in [0.5, 0.6) is 0 Å². The molecule has 19 heavy (non-hydrogen) atoms. The van der Waals surface area contributed by atoms with Crippen LogP contribution in [0.25, 0.3) is 0 Å². The topological polar surface area (TPSA) is 17.1 Å². The van der Waals surface area contributed by atoms with Gasteiger partial charge in [0.1, 0.15) is 0 Å². The second kappa shape index (κ2) is 11.3. The second-order valence-corrected chi connectivity index (χ2v) is 5.98. The first-order valence-electron chi connectivity index (χ1n) is 8.57. The Kier molecular flexibility index (Phi) is 9.75. The van der Waals surface area contributed by atoms with Crippen molar-refractivity contribution in [1.82, 2.24) is 0 Å². The van der Waals surface area contributed by atoms with Crippen LogP contribution in [-0.2, 0) is 4.79 Å². The van der Waals surface area contributed by atoms with E-state index in [2.05, 4.69) is 13.0 Å². The molecule has 0 bridgehead atoms. The number of ketones is 1. The van der Waals surface area contributed by atoms with Crippen molar-refractivity contribution >= 4 is 5.78 Å². The van der Waals surface area contributed by atoms with Gasteiger partial charge in [-0.1, -0.05) is 70.8 Å². The lowest BCUT2D eigenvalue weighted by Crippen LogP contribution is -2.06. The van der Waals surface area contributed by atoms with Crippen LogP contribution >= 0.6 is 0 Å². The van der Waals surface area contributed by atoms with E-state index in [1.54, 1.807) is 0 Å². The summed E-state index contributed by atoms with van der Waals surface area (Å²) in [5.74, 6) is 0.419. The van der Waals surface area contributed by atoms with E-state index in [1.807, 2.05) is 0 Å². The maximum atomic E-state index is 11.6. The molecule has 1 rings (SSSR count). The van der Waals surface area contributed by atoms with Gasteiger partial charge in [0.05, 0.1) is 0 Å². The minimum atomic E-state index is 0.419. The van der Waals surface area contributed by atoms with Gasteiger partial charge in [-0.15, -0.1) is 0 Å². The zero-order valence-electron chi connectivity index (χ0n) is 12.9. The molecule has 1 aliphatic carbocycles. The predicted octanol–water partition coefficient (Wildman–Crippen LogP) is 5.98. The first-order valence-corrected chi connectivity index (χ1v) is 8.57. The first-order chi connectivity index (χ1) is 9.34.